The topological polar surface area (TPSA) is 41.5 Å². The van der Waals surface area contributed by atoms with Gasteiger partial charge in [0.15, 0.2) is 5.17 Å². The monoisotopic (exact) mass is 360 g/mol. The van der Waals surface area contributed by atoms with E-state index in [2.05, 4.69) is 10.3 Å². The molecular formula is C18H14ClFN2OS. The minimum absolute atomic E-state index is 0.201. The molecule has 0 bridgehead atoms. The Hall–Kier alpha value is -2.11. The summed E-state index contributed by atoms with van der Waals surface area (Å²) in [5.41, 5.74) is 2.11. The molecule has 6 heteroatoms. The van der Waals surface area contributed by atoms with Crippen LogP contribution in [0.4, 0.5) is 10.1 Å². The number of para-hydroxylation sites is 1. The Bertz CT molecular complexity index is 844. The third kappa shape index (κ3) is 3.52. The molecule has 1 heterocycles. The highest BCUT2D eigenvalue weighted by atomic mass is 35.5. The lowest BCUT2D eigenvalue weighted by atomic mass is 10.1. The maximum absolute atomic E-state index is 13.9. The number of rotatable bonds is 3. The molecule has 122 valence electrons. The highest BCUT2D eigenvalue weighted by Gasteiger charge is 2.24. The van der Waals surface area contributed by atoms with E-state index in [4.69, 9.17) is 11.6 Å². The van der Waals surface area contributed by atoms with Crippen LogP contribution in [0.25, 0.3) is 6.08 Å². The second kappa shape index (κ2) is 7.20. The van der Waals surface area contributed by atoms with Gasteiger partial charge < -0.3 is 5.32 Å². The van der Waals surface area contributed by atoms with Crippen LogP contribution in [0.3, 0.4) is 0 Å². The standard InChI is InChI=1S/C18H14ClFN2OS/c1-2-11-6-3-4-9-15(11)21-18-22-17(23)16(24-18)10-12-13(19)7-5-8-14(12)20/h3-10H,2H2,1H3,(H,21,22,23). The number of hydrogen-bond donors (Lipinski definition) is 1. The predicted molar refractivity (Wildman–Crippen MR) is 98.0 cm³/mol. The van der Waals surface area contributed by atoms with Crippen LogP contribution >= 0.6 is 23.4 Å². The normalized spacial score (nSPS) is 17.5. The lowest BCUT2D eigenvalue weighted by molar-refractivity contribution is -0.115. The average molecular weight is 361 g/mol. The van der Waals surface area contributed by atoms with E-state index in [1.54, 1.807) is 6.07 Å². The summed E-state index contributed by atoms with van der Waals surface area (Å²) < 4.78 is 13.9. The third-order valence-corrected chi connectivity index (χ3v) is 4.76. The number of halogens is 2. The van der Waals surface area contributed by atoms with E-state index >= 15 is 0 Å². The van der Waals surface area contributed by atoms with E-state index in [1.165, 1.54) is 30.0 Å². The zero-order valence-corrected chi connectivity index (χ0v) is 14.4. The Kier molecular flexibility index (Phi) is 5.02. The molecule has 1 saturated heterocycles. The summed E-state index contributed by atoms with van der Waals surface area (Å²) in [6.07, 6.45) is 2.30. The van der Waals surface area contributed by atoms with Crippen LogP contribution < -0.4 is 5.32 Å². The molecule has 24 heavy (non-hydrogen) atoms. The summed E-state index contributed by atoms with van der Waals surface area (Å²) in [5, 5.41) is 3.44. The second-order valence-electron chi connectivity index (χ2n) is 5.10. The summed E-state index contributed by atoms with van der Waals surface area (Å²) in [6, 6.07) is 12.2. The van der Waals surface area contributed by atoms with Crippen molar-refractivity contribution in [2.45, 2.75) is 13.3 Å². The molecule has 0 aromatic heterocycles. The number of carbonyl (C=O) groups excluding carboxylic acids is 1. The summed E-state index contributed by atoms with van der Waals surface area (Å²) >= 11 is 7.18. The van der Waals surface area contributed by atoms with E-state index in [1.807, 2.05) is 31.2 Å². The first-order valence-electron chi connectivity index (χ1n) is 7.40. The maximum Gasteiger partial charge on any atom is 0.264 e. The number of amidine groups is 1. The Labute approximate surface area is 148 Å². The quantitative estimate of drug-likeness (QED) is 0.788. The molecule has 2 aromatic carbocycles. The molecule has 2 aromatic rings. The number of thioether (sulfide) groups is 1. The van der Waals surface area contributed by atoms with Gasteiger partial charge in [-0.2, -0.15) is 0 Å². The zero-order chi connectivity index (χ0) is 17.1. The highest BCUT2D eigenvalue weighted by molar-refractivity contribution is 8.18. The van der Waals surface area contributed by atoms with Crippen molar-refractivity contribution < 1.29 is 9.18 Å². The minimum Gasteiger partial charge on any atom is -0.300 e. The number of hydrogen-bond acceptors (Lipinski definition) is 3. The summed E-state index contributed by atoms with van der Waals surface area (Å²) in [7, 11) is 0. The Balaban J connectivity index is 1.91. The van der Waals surface area contributed by atoms with Crippen LogP contribution in [0, 0.1) is 5.82 Å². The molecule has 1 aliphatic heterocycles. The van der Waals surface area contributed by atoms with E-state index < -0.39 is 5.82 Å². The number of nitrogens with zero attached hydrogens (tertiary/aromatic N) is 1. The minimum atomic E-state index is -0.467. The van der Waals surface area contributed by atoms with Crippen molar-refractivity contribution in [3.8, 4) is 0 Å². The highest BCUT2D eigenvalue weighted by Crippen LogP contribution is 2.31. The molecule has 1 aliphatic rings. The Morgan fingerprint density at radius 1 is 1.25 bits per heavy atom. The molecule has 3 nitrogen and oxygen atoms in total. The molecule has 1 amide bonds. The van der Waals surface area contributed by atoms with E-state index in [0.717, 1.165) is 17.7 Å². The number of aliphatic imine (C=N–C) groups is 1. The molecule has 0 atom stereocenters. The van der Waals surface area contributed by atoms with Gasteiger partial charge in [0.1, 0.15) is 5.82 Å². The van der Waals surface area contributed by atoms with Crippen molar-refractivity contribution in [3.63, 3.8) is 0 Å². The van der Waals surface area contributed by atoms with Crippen LogP contribution in [-0.4, -0.2) is 11.1 Å². The third-order valence-electron chi connectivity index (χ3n) is 3.52. The van der Waals surface area contributed by atoms with Crippen molar-refractivity contribution >= 4 is 46.2 Å². The number of nitrogens with one attached hydrogen (secondary N) is 1. The first-order valence-corrected chi connectivity index (χ1v) is 8.59. The average Bonchev–Trinajstić information content (AvgIpc) is 2.91. The largest absolute Gasteiger partial charge is 0.300 e. The maximum atomic E-state index is 13.9. The van der Waals surface area contributed by atoms with Crippen molar-refractivity contribution in [2.75, 3.05) is 0 Å². The van der Waals surface area contributed by atoms with Gasteiger partial charge in [0, 0.05) is 5.56 Å². The van der Waals surface area contributed by atoms with Crippen molar-refractivity contribution in [2.24, 2.45) is 4.99 Å². The summed E-state index contributed by atoms with van der Waals surface area (Å²) in [5.74, 6) is -0.780. The Morgan fingerprint density at radius 2 is 2.04 bits per heavy atom. The molecule has 0 unspecified atom stereocenters. The predicted octanol–water partition coefficient (Wildman–Crippen LogP) is 4.93. The fraction of sp³-hybridized carbons (Fsp3) is 0.111. The van der Waals surface area contributed by atoms with Gasteiger partial charge in [0.2, 0.25) is 0 Å². The fourth-order valence-electron chi connectivity index (χ4n) is 2.29. The van der Waals surface area contributed by atoms with Gasteiger partial charge in [-0.05, 0) is 48.0 Å². The van der Waals surface area contributed by atoms with E-state index in [0.29, 0.717) is 10.1 Å². The summed E-state index contributed by atoms with van der Waals surface area (Å²) in [6.45, 7) is 2.05. The van der Waals surface area contributed by atoms with Crippen molar-refractivity contribution in [1.29, 1.82) is 0 Å². The van der Waals surface area contributed by atoms with Crippen LogP contribution in [0.5, 0.6) is 0 Å². The molecule has 3 rings (SSSR count). The van der Waals surface area contributed by atoms with Crippen LogP contribution in [0.2, 0.25) is 5.02 Å². The van der Waals surface area contributed by atoms with Crippen LogP contribution in [0.15, 0.2) is 52.4 Å². The smallest absolute Gasteiger partial charge is 0.264 e. The molecule has 1 N–H and O–H groups in total. The van der Waals surface area contributed by atoms with E-state index in [9.17, 15) is 9.18 Å². The van der Waals surface area contributed by atoms with Gasteiger partial charge >= 0.3 is 0 Å². The van der Waals surface area contributed by atoms with Crippen LogP contribution in [-0.2, 0) is 11.2 Å². The number of aryl methyl sites for hydroxylation is 1. The molecule has 1 fully saturated rings. The first-order chi connectivity index (χ1) is 11.6. The van der Waals surface area contributed by atoms with Gasteiger partial charge in [-0.3, -0.25) is 4.79 Å². The number of benzene rings is 2. The van der Waals surface area contributed by atoms with Gasteiger partial charge in [0.05, 0.1) is 15.6 Å². The van der Waals surface area contributed by atoms with E-state index in [-0.39, 0.29) is 16.5 Å². The molecule has 0 saturated carbocycles. The lowest BCUT2D eigenvalue weighted by Crippen LogP contribution is -2.19. The van der Waals surface area contributed by atoms with Gasteiger partial charge in [-0.1, -0.05) is 42.8 Å². The fourth-order valence-corrected chi connectivity index (χ4v) is 3.32. The molecule has 0 spiro atoms. The zero-order valence-electron chi connectivity index (χ0n) is 12.8. The molecule has 0 radical (unpaired) electrons. The molecule has 0 aliphatic carbocycles. The summed E-state index contributed by atoms with van der Waals surface area (Å²) in [4.78, 5) is 17.0. The van der Waals surface area contributed by atoms with Gasteiger partial charge in [0.25, 0.3) is 5.91 Å². The first kappa shape index (κ1) is 16.7. The SMILES string of the molecule is CCc1ccccc1N=C1NC(=O)C(=Cc2c(F)cccc2Cl)S1. The van der Waals surface area contributed by atoms with Crippen molar-refractivity contribution in [3.05, 3.63) is 69.3 Å². The number of carbonyl (C=O) groups is 1. The number of amides is 1. The van der Waals surface area contributed by atoms with Crippen LogP contribution in [0.1, 0.15) is 18.1 Å². The van der Waals surface area contributed by atoms with Gasteiger partial charge in [-0.15, -0.1) is 0 Å². The van der Waals surface area contributed by atoms with Crippen molar-refractivity contribution in [1.82, 2.24) is 5.32 Å². The second-order valence-corrected chi connectivity index (χ2v) is 6.54. The van der Waals surface area contributed by atoms with Gasteiger partial charge in [-0.25, -0.2) is 9.38 Å². The lowest BCUT2D eigenvalue weighted by Gasteiger charge is -2.02. The molecular weight excluding hydrogens is 347 g/mol. The Morgan fingerprint density at radius 3 is 2.79 bits per heavy atom.